The summed E-state index contributed by atoms with van der Waals surface area (Å²) < 4.78 is 1.76. The van der Waals surface area contributed by atoms with Crippen LogP contribution in [0, 0.1) is 0 Å². The largest absolute Gasteiger partial charge is 0.384 e. The number of carbonyl (C=O) groups excluding carboxylic acids is 1. The number of carbonyl (C=O) groups is 1. The van der Waals surface area contributed by atoms with E-state index >= 15 is 0 Å². The lowest BCUT2D eigenvalue weighted by Crippen LogP contribution is -2.16. The maximum Gasteiger partial charge on any atom is 0.150 e. The van der Waals surface area contributed by atoms with Crippen LogP contribution in [0.5, 0.6) is 0 Å². The predicted molar refractivity (Wildman–Crippen MR) is 118 cm³/mol. The molecule has 0 atom stereocenters. The van der Waals surface area contributed by atoms with Crippen molar-refractivity contribution in [2.75, 3.05) is 0 Å². The number of benzene rings is 2. The lowest BCUT2D eigenvalue weighted by Gasteiger charge is -2.13. The Morgan fingerprint density at radius 3 is 2.45 bits per heavy atom. The molecular formula is C23H19ClN2O2S. The van der Waals surface area contributed by atoms with Crippen LogP contribution in [0.1, 0.15) is 29.9 Å². The van der Waals surface area contributed by atoms with Crippen LogP contribution in [0.25, 0.3) is 26.7 Å². The first-order chi connectivity index (χ1) is 13.9. The van der Waals surface area contributed by atoms with Crippen molar-refractivity contribution < 1.29 is 9.90 Å². The van der Waals surface area contributed by atoms with Crippen molar-refractivity contribution in [2.24, 2.45) is 0 Å². The van der Waals surface area contributed by atoms with Crippen LogP contribution >= 0.6 is 22.9 Å². The van der Waals surface area contributed by atoms with E-state index in [-0.39, 0.29) is 0 Å². The molecule has 0 spiro atoms. The molecule has 0 saturated carbocycles. The number of aldehydes is 1. The minimum Gasteiger partial charge on any atom is -0.384 e. The maximum absolute atomic E-state index is 11.4. The molecule has 0 unspecified atom stereocenters. The van der Waals surface area contributed by atoms with E-state index in [1.54, 1.807) is 29.9 Å². The van der Waals surface area contributed by atoms with Crippen LogP contribution in [-0.2, 0) is 5.60 Å². The first kappa shape index (κ1) is 19.6. The van der Waals surface area contributed by atoms with Crippen molar-refractivity contribution in [1.29, 1.82) is 0 Å². The minimum atomic E-state index is -1.09. The van der Waals surface area contributed by atoms with E-state index in [1.165, 1.54) is 0 Å². The molecule has 4 nitrogen and oxygen atoms in total. The Bertz CT molecular complexity index is 1190. The maximum atomic E-state index is 11.4. The van der Waals surface area contributed by atoms with Gasteiger partial charge >= 0.3 is 0 Å². The number of aliphatic hydroxyl groups is 1. The van der Waals surface area contributed by atoms with Gasteiger partial charge in [0.1, 0.15) is 5.60 Å². The Kier molecular flexibility index (Phi) is 5.13. The van der Waals surface area contributed by atoms with Crippen molar-refractivity contribution in [3.63, 3.8) is 0 Å². The van der Waals surface area contributed by atoms with Crippen LogP contribution in [0.4, 0.5) is 0 Å². The third-order valence-corrected chi connectivity index (χ3v) is 6.09. The van der Waals surface area contributed by atoms with Crippen LogP contribution in [0.3, 0.4) is 0 Å². The van der Waals surface area contributed by atoms with Gasteiger partial charge in [0, 0.05) is 16.0 Å². The molecule has 0 radical (unpaired) electrons. The number of halogens is 1. The third-order valence-electron chi connectivity index (χ3n) is 4.63. The van der Waals surface area contributed by atoms with E-state index in [4.69, 9.17) is 11.6 Å². The number of nitrogens with zero attached hydrogens (tertiary/aromatic N) is 2. The Morgan fingerprint density at radius 2 is 1.72 bits per heavy atom. The Hall–Kier alpha value is -2.73. The van der Waals surface area contributed by atoms with Gasteiger partial charge in [-0.05, 0) is 44.2 Å². The van der Waals surface area contributed by atoms with Gasteiger partial charge in [-0.1, -0.05) is 48.0 Å². The van der Waals surface area contributed by atoms with Crippen molar-refractivity contribution in [1.82, 2.24) is 9.78 Å². The van der Waals surface area contributed by atoms with Gasteiger partial charge in [-0.2, -0.15) is 5.10 Å². The second-order valence-electron chi connectivity index (χ2n) is 7.21. The number of hydrogen-bond donors (Lipinski definition) is 1. The fraction of sp³-hybridized carbons (Fsp3) is 0.130. The first-order valence-electron chi connectivity index (χ1n) is 9.11. The summed E-state index contributed by atoms with van der Waals surface area (Å²) in [4.78, 5) is 13.4. The molecule has 146 valence electrons. The van der Waals surface area contributed by atoms with Crippen LogP contribution in [-0.4, -0.2) is 21.2 Å². The molecule has 0 amide bonds. The van der Waals surface area contributed by atoms with E-state index in [2.05, 4.69) is 5.10 Å². The smallest absolute Gasteiger partial charge is 0.150 e. The first-order valence-corrected chi connectivity index (χ1v) is 10.3. The summed E-state index contributed by atoms with van der Waals surface area (Å²) in [5.74, 6) is 0. The summed E-state index contributed by atoms with van der Waals surface area (Å²) >= 11 is 7.99. The topological polar surface area (TPSA) is 55.1 Å². The zero-order chi connectivity index (χ0) is 20.6. The zero-order valence-electron chi connectivity index (χ0n) is 16.0. The second kappa shape index (κ2) is 7.59. The highest BCUT2D eigenvalue weighted by atomic mass is 35.5. The molecule has 6 heteroatoms. The van der Waals surface area contributed by atoms with E-state index in [9.17, 15) is 9.90 Å². The number of hydrogen-bond acceptors (Lipinski definition) is 4. The quantitative estimate of drug-likeness (QED) is 0.403. The summed E-state index contributed by atoms with van der Waals surface area (Å²) in [6.45, 7) is 3.41. The van der Waals surface area contributed by atoms with E-state index in [0.717, 1.165) is 33.0 Å². The van der Waals surface area contributed by atoms with Gasteiger partial charge in [-0.25, -0.2) is 4.68 Å². The fourth-order valence-corrected chi connectivity index (χ4v) is 4.38. The van der Waals surface area contributed by atoms with Gasteiger partial charge in [-0.15, -0.1) is 11.3 Å². The van der Waals surface area contributed by atoms with Gasteiger partial charge in [0.05, 0.1) is 27.0 Å². The monoisotopic (exact) mass is 422 g/mol. The van der Waals surface area contributed by atoms with E-state index in [0.29, 0.717) is 16.3 Å². The van der Waals surface area contributed by atoms with Crippen molar-refractivity contribution in [3.8, 4) is 26.7 Å². The number of aromatic nitrogens is 2. The predicted octanol–water partition coefficient (Wildman–Crippen LogP) is 5.96. The average Bonchev–Trinajstić information content (AvgIpc) is 3.35. The van der Waals surface area contributed by atoms with Crippen molar-refractivity contribution >= 4 is 29.2 Å². The summed E-state index contributed by atoms with van der Waals surface area (Å²) in [6, 6.07) is 20.9. The highest BCUT2D eigenvalue weighted by Gasteiger charge is 2.24. The zero-order valence-corrected chi connectivity index (χ0v) is 17.5. The van der Waals surface area contributed by atoms with Crippen molar-refractivity contribution in [3.05, 3.63) is 83.0 Å². The van der Waals surface area contributed by atoms with Gasteiger partial charge in [0.2, 0.25) is 0 Å². The summed E-state index contributed by atoms with van der Waals surface area (Å²) in [5.41, 5.74) is 2.57. The Morgan fingerprint density at radius 1 is 1.03 bits per heavy atom. The lowest BCUT2D eigenvalue weighted by molar-refractivity contribution is 0.0734. The van der Waals surface area contributed by atoms with Gasteiger partial charge in [0.25, 0.3) is 0 Å². The molecule has 0 saturated heterocycles. The molecule has 0 aliphatic carbocycles. The molecular weight excluding hydrogens is 404 g/mol. The molecule has 0 fully saturated rings. The van der Waals surface area contributed by atoms with Gasteiger partial charge < -0.3 is 5.11 Å². The molecule has 4 rings (SSSR count). The van der Waals surface area contributed by atoms with Gasteiger partial charge in [-0.3, -0.25) is 4.79 Å². The number of para-hydroxylation sites is 1. The van der Waals surface area contributed by atoms with Crippen LogP contribution in [0.15, 0.2) is 66.7 Å². The summed E-state index contributed by atoms with van der Waals surface area (Å²) in [7, 11) is 0. The second-order valence-corrected chi connectivity index (χ2v) is 8.70. The van der Waals surface area contributed by atoms with E-state index < -0.39 is 5.60 Å². The van der Waals surface area contributed by atoms with Crippen LogP contribution < -0.4 is 0 Å². The Labute approximate surface area is 178 Å². The lowest BCUT2D eigenvalue weighted by atomic mass is 10.1. The third kappa shape index (κ3) is 3.77. The average molecular weight is 423 g/mol. The minimum absolute atomic E-state index is 0.552. The van der Waals surface area contributed by atoms with Crippen molar-refractivity contribution in [2.45, 2.75) is 19.4 Å². The van der Waals surface area contributed by atoms with E-state index in [1.807, 2.05) is 66.7 Å². The highest BCUT2D eigenvalue weighted by Crippen LogP contribution is 2.38. The molecule has 0 aliphatic rings. The molecule has 2 aromatic carbocycles. The summed E-state index contributed by atoms with van der Waals surface area (Å²) in [6.07, 6.45) is 0.870. The molecule has 29 heavy (non-hydrogen) atoms. The SMILES string of the molecule is CC(C)(O)c1cc(-c2ccc(-c3ccccc3C=O)s2)n(-c2ccccc2Cl)n1. The van der Waals surface area contributed by atoms with Crippen LogP contribution in [0.2, 0.25) is 5.02 Å². The van der Waals surface area contributed by atoms with Gasteiger partial charge in [0.15, 0.2) is 6.29 Å². The standard InChI is InChI=1S/C23H19ClN2O2S/c1-23(2,28)22-13-19(26(25-22)18-10-6-5-9-17(18)24)21-12-11-20(29-21)16-8-4-3-7-15(16)14-27/h3-14,28H,1-2H3. The molecule has 4 aromatic rings. The molecule has 0 bridgehead atoms. The summed E-state index contributed by atoms with van der Waals surface area (Å²) in [5, 5.41) is 15.7. The molecule has 1 N–H and O–H groups in total. The highest BCUT2D eigenvalue weighted by molar-refractivity contribution is 7.18. The number of thiophene rings is 1. The molecule has 0 aliphatic heterocycles. The molecule has 2 aromatic heterocycles. The number of rotatable bonds is 5. The fourth-order valence-electron chi connectivity index (χ4n) is 3.11. The Balaban J connectivity index is 1.87. The normalized spacial score (nSPS) is 11.6. The molecule has 2 heterocycles.